The summed E-state index contributed by atoms with van der Waals surface area (Å²) in [5, 5.41) is 12.0. The van der Waals surface area contributed by atoms with Crippen molar-refractivity contribution in [3.63, 3.8) is 0 Å². The third-order valence-corrected chi connectivity index (χ3v) is 4.07. The molecular weight excluding hydrogens is 294 g/mol. The third-order valence-electron chi connectivity index (χ3n) is 3.25. The minimum atomic E-state index is -0.616. The Hall–Kier alpha value is -0.870. The molecule has 0 saturated carbocycles. The third kappa shape index (κ3) is 3.12. The van der Waals surface area contributed by atoms with Crippen molar-refractivity contribution < 1.29 is 9.90 Å². The lowest BCUT2D eigenvalue weighted by Crippen LogP contribution is -2.46. The first-order valence-electron chi connectivity index (χ1n) is 5.89. The van der Waals surface area contributed by atoms with Crippen LogP contribution in [0.15, 0.2) is 10.5 Å². The molecule has 1 amide bonds. The van der Waals surface area contributed by atoms with Crippen LogP contribution in [0.1, 0.15) is 40.9 Å². The maximum absolute atomic E-state index is 12.2. The Morgan fingerprint density at radius 1 is 1.28 bits per heavy atom. The molecule has 0 saturated heterocycles. The first kappa shape index (κ1) is 15.2. The van der Waals surface area contributed by atoms with Gasteiger partial charge in [0.2, 0.25) is 0 Å². The summed E-state index contributed by atoms with van der Waals surface area (Å²) in [7, 11) is 0. The number of amides is 1. The van der Waals surface area contributed by atoms with Gasteiger partial charge in [0.15, 0.2) is 0 Å². The summed E-state index contributed by atoms with van der Waals surface area (Å²) < 4.78 is 0.928. The highest BCUT2D eigenvalue weighted by molar-refractivity contribution is 9.10. The average molecular weight is 314 g/mol. The molecular formula is C14H20BrNO2. The molecule has 0 radical (unpaired) electrons. The number of rotatable bonds is 3. The molecule has 18 heavy (non-hydrogen) atoms. The molecule has 0 fully saturated rings. The highest BCUT2D eigenvalue weighted by atomic mass is 79.9. The van der Waals surface area contributed by atoms with E-state index in [1.807, 2.05) is 26.8 Å². The van der Waals surface area contributed by atoms with E-state index in [1.165, 1.54) is 0 Å². The van der Waals surface area contributed by atoms with Crippen LogP contribution < -0.4 is 5.32 Å². The summed E-state index contributed by atoms with van der Waals surface area (Å²) in [5.74, 6) is -0.157. The lowest BCUT2D eigenvalue weighted by atomic mass is 9.97. The second-order valence-corrected chi connectivity index (χ2v) is 6.13. The molecule has 1 aromatic rings. The molecule has 0 aliphatic rings. The van der Waals surface area contributed by atoms with Crippen LogP contribution in [0.3, 0.4) is 0 Å². The lowest BCUT2D eigenvalue weighted by molar-refractivity contribution is 0.0868. The Kier molecular flexibility index (Phi) is 4.56. The number of nitrogens with one attached hydrogen (secondary N) is 1. The molecule has 0 heterocycles. The normalized spacial score (nSPS) is 11.5. The molecule has 1 aromatic carbocycles. The Bertz CT molecular complexity index is 481. The number of carbonyl (C=O) groups excluding carboxylic acids is 1. The zero-order valence-electron chi connectivity index (χ0n) is 11.5. The molecule has 0 unspecified atom stereocenters. The van der Waals surface area contributed by atoms with E-state index < -0.39 is 5.54 Å². The summed E-state index contributed by atoms with van der Waals surface area (Å²) in [6.45, 7) is 9.45. The van der Waals surface area contributed by atoms with Crippen LogP contribution in [0.5, 0.6) is 0 Å². The van der Waals surface area contributed by atoms with Crippen LogP contribution in [0, 0.1) is 20.8 Å². The number of benzene rings is 1. The van der Waals surface area contributed by atoms with Crippen molar-refractivity contribution in [1.82, 2.24) is 5.32 Å². The van der Waals surface area contributed by atoms with Crippen molar-refractivity contribution in [3.8, 4) is 0 Å². The molecule has 0 bridgehead atoms. The minimum Gasteiger partial charge on any atom is -0.394 e. The van der Waals surface area contributed by atoms with Crippen LogP contribution in [-0.4, -0.2) is 23.2 Å². The standard InChI is InChI=1S/C14H20BrNO2/c1-8-9(2)11(6-12(15)10(8)3)13(18)16-14(4,5)7-17/h6,17H,7H2,1-5H3,(H,16,18). The van der Waals surface area contributed by atoms with E-state index in [0.717, 1.165) is 21.2 Å². The molecule has 0 atom stereocenters. The summed E-state index contributed by atoms with van der Waals surface area (Å²) >= 11 is 3.47. The molecule has 3 nitrogen and oxygen atoms in total. The van der Waals surface area contributed by atoms with Gasteiger partial charge in [-0.2, -0.15) is 0 Å². The lowest BCUT2D eigenvalue weighted by Gasteiger charge is -2.24. The monoisotopic (exact) mass is 313 g/mol. The molecule has 4 heteroatoms. The zero-order chi connectivity index (χ0) is 14.1. The van der Waals surface area contributed by atoms with Gasteiger partial charge >= 0.3 is 0 Å². The minimum absolute atomic E-state index is 0.0935. The first-order chi connectivity index (χ1) is 8.19. The van der Waals surface area contributed by atoms with Gasteiger partial charge in [0.05, 0.1) is 12.1 Å². The Balaban J connectivity index is 3.15. The highest BCUT2D eigenvalue weighted by Crippen LogP contribution is 2.26. The van der Waals surface area contributed by atoms with E-state index in [4.69, 9.17) is 0 Å². The van der Waals surface area contributed by atoms with Crippen LogP contribution >= 0.6 is 15.9 Å². The van der Waals surface area contributed by atoms with Crippen molar-refractivity contribution in [2.45, 2.75) is 40.2 Å². The first-order valence-corrected chi connectivity index (χ1v) is 6.68. The second-order valence-electron chi connectivity index (χ2n) is 5.28. The van der Waals surface area contributed by atoms with Crippen molar-refractivity contribution in [2.75, 3.05) is 6.61 Å². The number of aliphatic hydroxyl groups excluding tert-OH is 1. The maximum atomic E-state index is 12.2. The number of halogens is 1. The fourth-order valence-corrected chi connectivity index (χ4v) is 2.18. The van der Waals surface area contributed by atoms with Crippen LogP contribution in [0.2, 0.25) is 0 Å². The van der Waals surface area contributed by atoms with E-state index in [1.54, 1.807) is 13.8 Å². The fraction of sp³-hybridized carbons (Fsp3) is 0.500. The zero-order valence-corrected chi connectivity index (χ0v) is 13.1. The number of hydrogen-bond donors (Lipinski definition) is 2. The molecule has 2 N–H and O–H groups in total. The van der Waals surface area contributed by atoms with Crippen LogP contribution in [0.4, 0.5) is 0 Å². The number of carbonyl (C=O) groups is 1. The number of hydrogen-bond acceptors (Lipinski definition) is 2. The van der Waals surface area contributed by atoms with Crippen molar-refractivity contribution in [2.24, 2.45) is 0 Å². The van der Waals surface area contributed by atoms with E-state index in [2.05, 4.69) is 21.2 Å². The largest absolute Gasteiger partial charge is 0.394 e. The van der Waals surface area contributed by atoms with Gasteiger partial charge in [0.25, 0.3) is 5.91 Å². The topological polar surface area (TPSA) is 49.3 Å². The summed E-state index contributed by atoms with van der Waals surface area (Å²) in [6, 6.07) is 1.83. The molecule has 0 aliphatic heterocycles. The van der Waals surface area contributed by atoms with E-state index in [0.29, 0.717) is 5.56 Å². The van der Waals surface area contributed by atoms with Gasteiger partial charge in [-0.3, -0.25) is 4.79 Å². The van der Waals surface area contributed by atoms with Gasteiger partial charge in [-0.05, 0) is 57.4 Å². The van der Waals surface area contributed by atoms with Crippen molar-refractivity contribution in [3.05, 3.63) is 32.8 Å². The SMILES string of the molecule is Cc1c(Br)cc(C(=O)NC(C)(C)CO)c(C)c1C. The second kappa shape index (κ2) is 5.41. The van der Waals surface area contributed by atoms with Gasteiger partial charge in [-0.15, -0.1) is 0 Å². The molecule has 0 aliphatic carbocycles. The predicted octanol–water partition coefficient (Wildman–Crippen LogP) is 2.88. The fourth-order valence-electron chi connectivity index (χ4n) is 1.66. The Morgan fingerprint density at radius 2 is 1.83 bits per heavy atom. The van der Waals surface area contributed by atoms with Gasteiger partial charge in [0, 0.05) is 10.0 Å². The number of aliphatic hydroxyl groups is 1. The van der Waals surface area contributed by atoms with Gasteiger partial charge in [0.1, 0.15) is 0 Å². The van der Waals surface area contributed by atoms with Crippen LogP contribution in [0.25, 0.3) is 0 Å². The summed E-state index contributed by atoms with van der Waals surface area (Å²) in [4.78, 5) is 12.2. The van der Waals surface area contributed by atoms with Gasteiger partial charge in [-0.25, -0.2) is 0 Å². The molecule has 100 valence electrons. The van der Waals surface area contributed by atoms with Crippen molar-refractivity contribution >= 4 is 21.8 Å². The van der Waals surface area contributed by atoms with Gasteiger partial charge < -0.3 is 10.4 Å². The predicted molar refractivity (Wildman–Crippen MR) is 77.0 cm³/mol. The van der Waals surface area contributed by atoms with E-state index in [-0.39, 0.29) is 12.5 Å². The van der Waals surface area contributed by atoms with Crippen molar-refractivity contribution in [1.29, 1.82) is 0 Å². The molecule has 1 rings (SSSR count). The average Bonchev–Trinajstić information content (AvgIpc) is 2.30. The highest BCUT2D eigenvalue weighted by Gasteiger charge is 2.22. The molecule has 0 spiro atoms. The summed E-state index contributed by atoms with van der Waals surface area (Å²) in [6.07, 6.45) is 0. The quantitative estimate of drug-likeness (QED) is 0.901. The molecule has 0 aromatic heterocycles. The van der Waals surface area contributed by atoms with E-state index >= 15 is 0 Å². The summed E-state index contributed by atoms with van der Waals surface area (Å²) in [5.41, 5.74) is 3.25. The smallest absolute Gasteiger partial charge is 0.252 e. The van der Waals surface area contributed by atoms with Crippen LogP contribution in [-0.2, 0) is 0 Å². The van der Waals surface area contributed by atoms with E-state index in [9.17, 15) is 9.90 Å². The Morgan fingerprint density at radius 3 is 2.33 bits per heavy atom. The Labute approximate surface area is 117 Å². The van der Waals surface area contributed by atoms with Gasteiger partial charge in [-0.1, -0.05) is 15.9 Å². The maximum Gasteiger partial charge on any atom is 0.252 e.